The molecule has 3 aromatic rings. The van der Waals surface area contributed by atoms with E-state index in [1.165, 1.54) is 6.92 Å². The first kappa shape index (κ1) is 27.5. The lowest BCUT2D eigenvalue weighted by Gasteiger charge is -2.28. The van der Waals surface area contributed by atoms with Crippen LogP contribution < -0.4 is 24.4 Å². The molecule has 0 aliphatic heterocycles. The van der Waals surface area contributed by atoms with Gasteiger partial charge in [0.2, 0.25) is 15.9 Å². The van der Waals surface area contributed by atoms with Crippen molar-refractivity contribution in [3.8, 4) is 11.5 Å². The van der Waals surface area contributed by atoms with E-state index in [9.17, 15) is 18.0 Å². The Balaban J connectivity index is 1.70. The smallest absolute Gasteiger partial charge is 0.253 e. The fraction of sp³-hybridized carbons (Fsp3) is 0.259. The van der Waals surface area contributed by atoms with Gasteiger partial charge in [0.1, 0.15) is 6.04 Å². The zero-order chi connectivity index (χ0) is 27.0. The van der Waals surface area contributed by atoms with Crippen LogP contribution in [0, 0.1) is 0 Å². The van der Waals surface area contributed by atoms with Gasteiger partial charge in [-0.1, -0.05) is 36.4 Å². The number of benzene rings is 3. The van der Waals surface area contributed by atoms with Crippen molar-refractivity contribution in [3.63, 3.8) is 0 Å². The first-order valence-corrected chi connectivity index (χ1v) is 13.4. The molecule has 3 rings (SSSR count). The minimum absolute atomic E-state index is 0.265. The normalized spacial score (nSPS) is 11.8. The first-order valence-electron chi connectivity index (χ1n) is 11.6. The molecule has 0 spiro atoms. The van der Waals surface area contributed by atoms with Crippen LogP contribution in [0.2, 0.25) is 0 Å². The van der Waals surface area contributed by atoms with Crippen molar-refractivity contribution in [1.29, 1.82) is 0 Å². The van der Waals surface area contributed by atoms with Crippen LogP contribution in [-0.2, 0) is 21.2 Å². The van der Waals surface area contributed by atoms with E-state index in [1.807, 2.05) is 12.1 Å². The number of carbonyl (C=O) groups excluding carboxylic acids is 2. The molecule has 196 valence electrons. The highest BCUT2D eigenvalue weighted by Gasteiger charge is 2.29. The minimum atomic E-state index is -3.75. The van der Waals surface area contributed by atoms with Crippen molar-refractivity contribution in [2.24, 2.45) is 0 Å². The van der Waals surface area contributed by atoms with Crippen LogP contribution >= 0.6 is 0 Å². The van der Waals surface area contributed by atoms with Crippen LogP contribution in [0.25, 0.3) is 0 Å². The molecule has 0 radical (unpaired) electrons. The number of ether oxygens (including phenoxy) is 2. The summed E-state index contributed by atoms with van der Waals surface area (Å²) in [4.78, 5) is 26.0. The predicted octanol–water partition coefficient (Wildman–Crippen LogP) is 3.47. The molecule has 1 atom stereocenters. The second-order valence-electron chi connectivity index (χ2n) is 8.30. The number of sulfonamides is 1. The number of nitrogens with one attached hydrogen (secondary N) is 2. The molecule has 0 aromatic heterocycles. The predicted molar refractivity (Wildman–Crippen MR) is 144 cm³/mol. The molecule has 0 fully saturated rings. The van der Waals surface area contributed by atoms with Crippen molar-refractivity contribution in [2.45, 2.75) is 19.4 Å². The van der Waals surface area contributed by atoms with E-state index in [-0.39, 0.29) is 17.2 Å². The lowest BCUT2D eigenvalue weighted by molar-refractivity contribution is -0.116. The van der Waals surface area contributed by atoms with Gasteiger partial charge < -0.3 is 20.1 Å². The Kier molecular flexibility index (Phi) is 9.13. The number of hydrogen-bond acceptors (Lipinski definition) is 6. The minimum Gasteiger partial charge on any atom is -0.493 e. The van der Waals surface area contributed by atoms with E-state index >= 15 is 0 Å². The van der Waals surface area contributed by atoms with Crippen molar-refractivity contribution in [2.75, 3.05) is 36.6 Å². The third-order valence-electron chi connectivity index (χ3n) is 5.68. The van der Waals surface area contributed by atoms with Gasteiger partial charge in [-0.2, -0.15) is 0 Å². The summed E-state index contributed by atoms with van der Waals surface area (Å²) >= 11 is 0. The molecular formula is C27H31N3O6S. The molecule has 0 heterocycles. The number of carbonyl (C=O) groups is 2. The van der Waals surface area contributed by atoms with Gasteiger partial charge in [-0.25, -0.2) is 8.42 Å². The molecule has 2 amide bonds. The molecule has 0 saturated carbocycles. The third kappa shape index (κ3) is 7.01. The fourth-order valence-electron chi connectivity index (χ4n) is 3.86. The van der Waals surface area contributed by atoms with Crippen molar-refractivity contribution in [3.05, 3.63) is 83.9 Å². The SMILES string of the molecule is COc1ccc(CCNC(=O)c2ccccc2NC(=O)[C@H](C)N(c2ccccc2)S(C)(=O)=O)cc1OC. The molecule has 37 heavy (non-hydrogen) atoms. The molecule has 10 heteroatoms. The van der Waals surface area contributed by atoms with Gasteiger partial charge in [0, 0.05) is 6.54 Å². The van der Waals surface area contributed by atoms with Crippen LogP contribution in [-0.4, -0.2) is 53.3 Å². The highest BCUT2D eigenvalue weighted by molar-refractivity contribution is 7.92. The summed E-state index contributed by atoms with van der Waals surface area (Å²) in [5.41, 5.74) is 1.87. The Bertz CT molecular complexity index is 1350. The molecule has 0 saturated heterocycles. The average Bonchev–Trinajstić information content (AvgIpc) is 2.88. The molecular weight excluding hydrogens is 494 g/mol. The standard InChI is InChI=1S/C27H31N3O6S/c1-19(30(37(4,33)34)21-10-6-5-7-11-21)26(31)29-23-13-9-8-12-22(23)27(32)28-17-16-20-14-15-24(35-2)25(18-20)36-3/h5-15,18-19H,16-17H2,1-4H3,(H,28,32)(H,29,31)/t19-/m0/s1. The zero-order valence-corrected chi connectivity index (χ0v) is 22.0. The lowest BCUT2D eigenvalue weighted by atomic mass is 10.1. The lowest BCUT2D eigenvalue weighted by Crippen LogP contribution is -2.45. The van der Waals surface area contributed by atoms with Gasteiger partial charge in [0.15, 0.2) is 11.5 Å². The maximum atomic E-state index is 13.1. The quantitative estimate of drug-likeness (QED) is 0.396. The highest BCUT2D eigenvalue weighted by Crippen LogP contribution is 2.27. The molecule has 0 aliphatic rings. The molecule has 0 unspecified atom stereocenters. The summed E-state index contributed by atoms with van der Waals surface area (Å²) in [6.45, 7) is 1.85. The van der Waals surface area contributed by atoms with E-state index in [4.69, 9.17) is 9.47 Å². The average molecular weight is 526 g/mol. The number of amides is 2. The van der Waals surface area contributed by atoms with E-state index in [2.05, 4.69) is 10.6 Å². The Hall–Kier alpha value is -4.05. The number of nitrogens with zero attached hydrogens (tertiary/aromatic N) is 1. The van der Waals surface area contributed by atoms with Crippen molar-refractivity contribution >= 4 is 33.2 Å². The summed E-state index contributed by atoms with van der Waals surface area (Å²) in [5, 5.41) is 5.57. The van der Waals surface area contributed by atoms with Crippen LogP contribution in [0.5, 0.6) is 11.5 Å². The van der Waals surface area contributed by atoms with E-state index in [1.54, 1.807) is 74.9 Å². The maximum Gasteiger partial charge on any atom is 0.253 e. The van der Waals surface area contributed by atoms with Gasteiger partial charge in [-0.3, -0.25) is 13.9 Å². The number of anilines is 2. The summed E-state index contributed by atoms with van der Waals surface area (Å²) in [5.74, 6) is 0.287. The summed E-state index contributed by atoms with van der Waals surface area (Å²) in [6, 6.07) is 19.4. The Morgan fingerprint density at radius 1 is 0.919 bits per heavy atom. The fourth-order valence-corrected chi connectivity index (χ4v) is 5.04. The second-order valence-corrected chi connectivity index (χ2v) is 10.2. The van der Waals surface area contributed by atoms with Gasteiger partial charge in [0.25, 0.3) is 5.91 Å². The van der Waals surface area contributed by atoms with Gasteiger partial charge in [0.05, 0.1) is 37.4 Å². The van der Waals surface area contributed by atoms with E-state index in [0.717, 1.165) is 16.1 Å². The second kappa shape index (κ2) is 12.3. The molecule has 0 bridgehead atoms. The molecule has 0 aliphatic carbocycles. The Morgan fingerprint density at radius 3 is 2.22 bits per heavy atom. The van der Waals surface area contributed by atoms with E-state index in [0.29, 0.717) is 30.2 Å². The van der Waals surface area contributed by atoms with Crippen LogP contribution in [0.3, 0.4) is 0 Å². The van der Waals surface area contributed by atoms with E-state index < -0.39 is 22.0 Å². The number of methoxy groups -OCH3 is 2. The first-order chi connectivity index (χ1) is 17.7. The summed E-state index contributed by atoms with van der Waals surface area (Å²) < 4.78 is 36.6. The Morgan fingerprint density at radius 2 is 1.57 bits per heavy atom. The zero-order valence-electron chi connectivity index (χ0n) is 21.2. The number of rotatable bonds is 11. The molecule has 9 nitrogen and oxygen atoms in total. The largest absolute Gasteiger partial charge is 0.493 e. The molecule has 2 N–H and O–H groups in total. The molecule has 3 aromatic carbocycles. The van der Waals surface area contributed by atoms with Crippen molar-refractivity contribution < 1.29 is 27.5 Å². The number of hydrogen-bond donors (Lipinski definition) is 2. The van der Waals surface area contributed by atoms with Crippen molar-refractivity contribution in [1.82, 2.24) is 5.32 Å². The van der Waals surface area contributed by atoms with Gasteiger partial charge in [-0.15, -0.1) is 0 Å². The Labute approximate surface area is 217 Å². The monoisotopic (exact) mass is 525 g/mol. The topological polar surface area (TPSA) is 114 Å². The van der Waals surface area contributed by atoms with Crippen LogP contribution in [0.4, 0.5) is 11.4 Å². The third-order valence-corrected chi connectivity index (χ3v) is 6.92. The number of para-hydroxylation sites is 2. The van der Waals surface area contributed by atoms with Crippen LogP contribution in [0.1, 0.15) is 22.8 Å². The maximum absolute atomic E-state index is 13.1. The van der Waals surface area contributed by atoms with Gasteiger partial charge in [-0.05, 0) is 55.3 Å². The van der Waals surface area contributed by atoms with Crippen LogP contribution in [0.15, 0.2) is 72.8 Å². The summed E-state index contributed by atoms with van der Waals surface area (Å²) in [7, 11) is -0.628. The van der Waals surface area contributed by atoms with Gasteiger partial charge >= 0.3 is 0 Å². The highest BCUT2D eigenvalue weighted by atomic mass is 32.2. The summed E-state index contributed by atoms with van der Waals surface area (Å²) in [6.07, 6.45) is 1.60.